The summed E-state index contributed by atoms with van der Waals surface area (Å²) < 4.78 is 25.2. The van der Waals surface area contributed by atoms with Gasteiger partial charge in [-0.25, -0.2) is 12.7 Å². The van der Waals surface area contributed by atoms with Crippen LogP contribution in [0.5, 0.6) is 0 Å². The molecule has 0 aromatic heterocycles. The summed E-state index contributed by atoms with van der Waals surface area (Å²) in [5.74, 6) is 1.00. The van der Waals surface area contributed by atoms with Crippen LogP contribution in [-0.2, 0) is 20.6 Å². The van der Waals surface area contributed by atoms with Crippen LogP contribution in [0.25, 0.3) is 0 Å². The number of nitrogens with one attached hydrogen (secondary N) is 1. The molecule has 2 rings (SSSR count). The molecule has 0 bridgehead atoms. The van der Waals surface area contributed by atoms with E-state index in [1.54, 1.807) is 12.1 Å². The molecule has 5 nitrogen and oxygen atoms in total. The number of amides is 1. The predicted octanol–water partition coefficient (Wildman–Crippen LogP) is 3.12. The van der Waals surface area contributed by atoms with E-state index < -0.39 is 10.0 Å². The minimum atomic E-state index is -3.45. The Morgan fingerprint density at radius 2 is 1.80 bits per heavy atom. The summed E-state index contributed by atoms with van der Waals surface area (Å²) in [6.45, 7) is 2.04. The topological polar surface area (TPSA) is 66.5 Å². The maximum atomic E-state index is 12.0. The van der Waals surface area contributed by atoms with Crippen molar-refractivity contribution >= 4 is 33.4 Å². The molecule has 1 amide bonds. The van der Waals surface area contributed by atoms with E-state index in [9.17, 15) is 13.2 Å². The molecular weight excluding hydrogens is 356 g/mol. The van der Waals surface area contributed by atoms with Crippen LogP contribution in [0.3, 0.4) is 0 Å². The lowest BCUT2D eigenvalue weighted by atomic mass is 10.2. The zero-order valence-corrected chi connectivity index (χ0v) is 16.2. The van der Waals surface area contributed by atoms with Crippen LogP contribution >= 0.6 is 11.8 Å². The van der Waals surface area contributed by atoms with Crippen molar-refractivity contribution in [1.29, 1.82) is 0 Å². The lowest BCUT2D eigenvalue weighted by Gasteiger charge is -2.12. The van der Waals surface area contributed by atoms with E-state index in [0.29, 0.717) is 11.4 Å². The molecule has 0 saturated carbocycles. The summed E-state index contributed by atoms with van der Waals surface area (Å²) in [7, 11) is -0.489. The van der Waals surface area contributed by atoms with Crippen LogP contribution in [0, 0.1) is 6.92 Å². The molecule has 2 aromatic carbocycles. The van der Waals surface area contributed by atoms with Gasteiger partial charge in [-0.2, -0.15) is 0 Å². The van der Waals surface area contributed by atoms with Gasteiger partial charge in [0, 0.05) is 25.5 Å². The molecule has 0 aliphatic rings. The van der Waals surface area contributed by atoms with Gasteiger partial charge in [-0.1, -0.05) is 29.8 Å². The number of nitrogens with zero attached hydrogens (tertiary/aromatic N) is 1. The SMILES string of the molecule is Cc1cccc(CSCC(=O)Nc2ccc(S(=O)(=O)N(C)C)cc2)c1. The molecule has 25 heavy (non-hydrogen) atoms. The highest BCUT2D eigenvalue weighted by atomic mass is 32.2. The lowest BCUT2D eigenvalue weighted by Crippen LogP contribution is -2.22. The molecular formula is C18H22N2O3S2. The normalized spacial score (nSPS) is 11.5. The number of hydrogen-bond donors (Lipinski definition) is 1. The largest absolute Gasteiger partial charge is 0.325 e. The van der Waals surface area contributed by atoms with Crippen molar-refractivity contribution in [3.8, 4) is 0 Å². The number of hydrogen-bond acceptors (Lipinski definition) is 4. The third-order valence-electron chi connectivity index (χ3n) is 3.50. The van der Waals surface area contributed by atoms with E-state index >= 15 is 0 Å². The Morgan fingerprint density at radius 1 is 1.12 bits per heavy atom. The average Bonchev–Trinajstić information content (AvgIpc) is 2.55. The molecule has 0 unspecified atom stereocenters. The maximum Gasteiger partial charge on any atom is 0.242 e. The van der Waals surface area contributed by atoms with Gasteiger partial charge in [0.15, 0.2) is 0 Å². The van der Waals surface area contributed by atoms with Crippen LogP contribution in [0.1, 0.15) is 11.1 Å². The van der Waals surface area contributed by atoms with E-state index in [-0.39, 0.29) is 10.8 Å². The molecule has 0 radical (unpaired) electrons. The van der Waals surface area contributed by atoms with Crippen LogP contribution < -0.4 is 5.32 Å². The summed E-state index contributed by atoms with van der Waals surface area (Å²) in [5.41, 5.74) is 2.98. The number of thioether (sulfide) groups is 1. The van der Waals surface area contributed by atoms with Gasteiger partial charge in [0.2, 0.25) is 15.9 Å². The standard InChI is InChI=1S/C18H22N2O3S2/c1-14-5-4-6-15(11-14)12-24-13-18(21)19-16-7-9-17(10-8-16)25(22,23)20(2)3/h4-11H,12-13H2,1-3H3,(H,19,21). The second-order valence-corrected chi connectivity index (χ2v) is 8.98. The Balaban J connectivity index is 1.86. The Morgan fingerprint density at radius 3 is 2.40 bits per heavy atom. The van der Waals surface area contributed by atoms with Crippen molar-refractivity contribution in [2.75, 3.05) is 25.2 Å². The van der Waals surface area contributed by atoms with Gasteiger partial charge >= 0.3 is 0 Å². The molecule has 0 aliphatic heterocycles. The molecule has 1 N–H and O–H groups in total. The fraction of sp³-hybridized carbons (Fsp3) is 0.278. The third-order valence-corrected chi connectivity index (χ3v) is 6.33. The molecule has 0 atom stereocenters. The maximum absolute atomic E-state index is 12.0. The first-order valence-electron chi connectivity index (χ1n) is 7.75. The number of aryl methyl sites for hydroxylation is 1. The van der Waals surface area contributed by atoms with Gasteiger partial charge in [0.25, 0.3) is 0 Å². The highest BCUT2D eigenvalue weighted by Crippen LogP contribution is 2.18. The first kappa shape index (κ1) is 19.5. The van der Waals surface area contributed by atoms with Crippen LogP contribution in [0.4, 0.5) is 5.69 Å². The number of carbonyl (C=O) groups excluding carboxylic acids is 1. The van der Waals surface area contributed by atoms with E-state index in [0.717, 1.165) is 10.1 Å². The molecule has 0 saturated heterocycles. The molecule has 0 heterocycles. The van der Waals surface area contributed by atoms with Gasteiger partial charge < -0.3 is 5.32 Å². The Kier molecular flexibility index (Phi) is 6.64. The Hall–Kier alpha value is -1.83. The number of rotatable bonds is 7. The molecule has 0 aliphatic carbocycles. The summed E-state index contributed by atoms with van der Waals surface area (Å²) in [6, 6.07) is 14.4. The average molecular weight is 379 g/mol. The minimum absolute atomic E-state index is 0.110. The minimum Gasteiger partial charge on any atom is -0.325 e. The van der Waals surface area contributed by atoms with Crippen molar-refractivity contribution in [1.82, 2.24) is 4.31 Å². The number of benzene rings is 2. The monoisotopic (exact) mass is 378 g/mol. The fourth-order valence-electron chi connectivity index (χ4n) is 2.18. The second-order valence-electron chi connectivity index (χ2n) is 5.84. The molecule has 0 fully saturated rings. The number of sulfonamides is 1. The second kappa shape index (κ2) is 8.51. The zero-order valence-electron chi connectivity index (χ0n) is 14.5. The summed E-state index contributed by atoms with van der Waals surface area (Å²) in [4.78, 5) is 12.2. The summed E-state index contributed by atoms with van der Waals surface area (Å²) in [6.07, 6.45) is 0. The summed E-state index contributed by atoms with van der Waals surface area (Å²) in [5, 5.41) is 2.78. The van der Waals surface area contributed by atoms with Crippen LogP contribution in [0.15, 0.2) is 53.4 Å². The predicted molar refractivity (Wildman–Crippen MR) is 103 cm³/mol. The van der Waals surface area contributed by atoms with Gasteiger partial charge in [0.05, 0.1) is 10.6 Å². The highest BCUT2D eigenvalue weighted by Gasteiger charge is 2.16. The molecule has 0 spiro atoms. The van der Waals surface area contributed by atoms with E-state index in [1.807, 2.05) is 25.1 Å². The zero-order chi connectivity index (χ0) is 18.4. The lowest BCUT2D eigenvalue weighted by molar-refractivity contribution is -0.113. The van der Waals surface area contributed by atoms with Crippen molar-refractivity contribution in [2.24, 2.45) is 0 Å². The first-order valence-corrected chi connectivity index (χ1v) is 10.3. The van der Waals surface area contributed by atoms with Gasteiger partial charge in [0.1, 0.15) is 0 Å². The number of anilines is 1. The quantitative estimate of drug-likeness (QED) is 0.804. The molecule has 2 aromatic rings. The van der Waals surface area contributed by atoms with Crippen molar-refractivity contribution in [3.63, 3.8) is 0 Å². The van der Waals surface area contributed by atoms with Crippen molar-refractivity contribution in [2.45, 2.75) is 17.6 Å². The van der Waals surface area contributed by atoms with Gasteiger partial charge in [-0.3, -0.25) is 4.79 Å². The Bertz CT molecular complexity index is 832. The van der Waals surface area contributed by atoms with Crippen molar-refractivity contribution in [3.05, 3.63) is 59.7 Å². The van der Waals surface area contributed by atoms with Crippen molar-refractivity contribution < 1.29 is 13.2 Å². The fourth-order valence-corrected chi connectivity index (χ4v) is 3.86. The third kappa shape index (κ3) is 5.59. The van der Waals surface area contributed by atoms with Crippen LogP contribution in [-0.4, -0.2) is 38.5 Å². The molecule has 7 heteroatoms. The smallest absolute Gasteiger partial charge is 0.242 e. The highest BCUT2D eigenvalue weighted by molar-refractivity contribution is 7.99. The Labute approximate surface area is 153 Å². The number of carbonyl (C=O) groups is 1. The van der Waals surface area contributed by atoms with Crippen LogP contribution in [0.2, 0.25) is 0 Å². The summed E-state index contributed by atoms with van der Waals surface area (Å²) >= 11 is 1.54. The van der Waals surface area contributed by atoms with E-state index in [4.69, 9.17) is 0 Å². The van der Waals surface area contributed by atoms with E-state index in [2.05, 4.69) is 11.4 Å². The van der Waals surface area contributed by atoms with Gasteiger partial charge in [-0.05, 0) is 36.8 Å². The van der Waals surface area contributed by atoms with E-state index in [1.165, 1.54) is 49.1 Å². The molecule has 134 valence electrons. The van der Waals surface area contributed by atoms with Gasteiger partial charge in [-0.15, -0.1) is 11.8 Å². The first-order chi connectivity index (χ1) is 11.8.